The monoisotopic (exact) mass is 252 g/mol. The fraction of sp³-hybridized carbons (Fsp3) is 0.375. The van der Waals surface area contributed by atoms with E-state index in [9.17, 15) is 4.79 Å². The van der Waals surface area contributed by atoms with Crippen LogP contribution in [0.15, 0.2) is 24.4 Å². The molecule has 3 heteroatoms. The second-order valence-corrected chi connectivity index (χ2v) is 5.38. The Kier molecular flexibility index (Phi) is 2.87. The van der Waals surface area contributed by atoms with Gasteiger partial charge in [0, 0.05) is 30.1 Å². The third-order valence-corrected chi connectivity index (χ3v) is 4.29. The molecule has 2 atom stereocenters. The van der Waals surface area contributed by atoms with Crippen LogP contribution in [0.4, 0.5) is 0 Å². The first-order valence-electron chi connectivity index (χ1n) is 6.69. The van der Waals surface area contributed by atoms with E-state index in [1.807, 2.05) is 25.2 Å². The SMILES string of the molecule is Cn1cc([C@@H]2CCC[C@H]2C=O)c2cc(C#N)ccc21. The van der Waals surface area contributed by atoms with Gasteiger partial charge in [0.1, 0.15) is 6.29 Å². The molecule has 0 amide bonds. The first-order chi connectivity index (χ1) is 9.24. The van der Waals surface area contributed by atoms with Gasteiger partial charge in [0.25, 0.3) is 0 Å². The Balaban J connectivity index is 2.18. The molecule has 0 radical (unpaired) electrons. The molecule has 1 fully saturated rings. The third-order valence-electron chi connectivity index (χ3n) is 4.29. The van der Waals surface area contributed by atoms with E-state index in [4.69, 9.17) is 5.26 Å². The molecule has 1 saturated carbocycles. The van der Waals surface area contributed by atoms with Crippen LogP contribution in [0.1, 0.15) is 36.3 Å². The van der Waals surface area contributed by atoms with Crippen LogP contribution in [0.3, 0.4) is 0 Å². The zero-order valence-corrected chi connectivity index (χ0v) is 11.0. The Morgan fingerprint density at radius 2 is 2.26 bits per heavy atom. The quantitative estimate of drug-likeness (QED) is 0.771. The maximum absolute atomic E-state index is 11.2. The molecule has 0 bridgehead atoms. The molecule has 3 nitrogen and oxygen atoms in total. The van der Waals surface area contributed by atoms with Gasteiger partial charge < -0.3 is 9.36 Å². The van der Waals surface area contributed by atoms with Crippen LogP contribution in [0.25, 0.3) is 10.9 Å². The summed E-state index contributed by atoms with van der Waals surface area (Å²) in [6.45, 7) is 0. The van der Waals surface area contributed by atoms with Gasteiger partial charge in [-0.15, -0.1) is 0 Å². The van der Waals surface area contributed by atoms with Gasteiger partial charge in [0.05, 0.1) is 11.6 Å². The summed E-state index contributed by atoms with van der Waals surface area (Å²) in [5.74, 6) is 0.450. The zero-order chi connectivity index (χ0) is 13.4. The zero-order valence-electron chi connectivity index (χ0n) is 11.0. The standard InChI is InChI=1S/C16H16N2O/c1-18-9-15(13-4-2-3-12(13)10-19)14-7-11(8-17)5-6-16(14)18/h5-7,9-10,12-13H,2-4H2,1H3/t12-,13+/m0/s1. The molecule has 19 heavy (non-hydrogen) atoms. The van der Waals surface area contributed by atoms with Gasteiger partial charge in [-0.25, -0.2) is 0 Å². The average molecular weight is 252 g/mol. The number of aromatic nitrogens is 1. The smallest absolute Gasteiger partial charge is 0.123 e. The molecule has 0 unspecified atom stereocenters. The number of rotatable bonds is 2. The lowest BCUT2D eigenvalue weighted by molar-refractivity contribution is -0.111. The molecular weight excluding hydrogens is 236 g/mol. The van der Waals surface area contributed by atoms with E-state index in [1.54, 1.807) is 0 Å². The molecule has 0 aliphatic heterocycles. The minimum Gasteiger partial charge on any atom is -0.350 e. The van der Waals surface area contributed by atoms with E-state index in [2.05, 4.69) is 16.8 Å². The van der Waals surface area contributed by atoms with Gasteiger partial charge in [-0.2, -0.15) is 5.26 Å². The van der Waals surface area contributed by atoms with E-state index in [-0.39, 0.29) is 5.92 Å². The number of fused-ring (bicyclic) bond motifs is 1. The van der Waals surface area contributed by atoms with Crippen LogP contribution in [0.5, 0.6) is 0 Å². The molecule has 0 saturated heterocycles. The highest BCUT2D eigenvalue weighted by Gasteiger charge is 2.30. The van der Waals surface area contributed by atoms with Crippen molar-refractivity contribution in [1.29, 1.82) is 5.26 Å². The van der Waals surface area contributed by atoms with E-state index in [1.165, 1.54) is 5.56 Å². The van der Waals surface area contributed by atoms with Crippen LogP contribution in [-0.2, 0) is 11.8 Å². The highest BCUT2D eigenvalue weighted by atomic mass is 16.1. The molecule has 1 aliphatic rings. The number of nitriles is 1. The molecule has 96 valence electrons. The van der Waals surface area contributed by atoms with Gasteiger partial charge in [-0.1, -0.05) is 6.42 Å². The summed E-state index contributed by atoms with van der Waals surface area (Å²) in [6, 6.07) is 7.98. The highest BCUT2D eigenvalue weighted by Crippen LogP contribution is 2.41. The molecule has 1 heterocycles. The summed E-state index contributed by atoms with van der Waals surface area (Å²) in [5.41, 5.74) is 3.04. The first-order valence-corrected chi connectivity index (χ1v) is 6.69. The molecule has 0 spiro atoms. The number of nitrogens with zero attached hydrogens (tertiary/aromatic N) is 2. The van der Waals surface area contributed by atoms with Gasteiger partial charge in [-0.05, 0) is 42.5 Å². The number of aldehydes is 1. The van der Waals surface area contributed by atoms with Gasteiger partial charge in [-0.3, -0.25) is 0 Å². The van der Waals surface area contributed by atoms with Gasteiger partial charge in [0.2, 0.25) is 0 Å². The van der Waals surface area contributed by atoms with Crippen molar-refractivity contribution in [1.82, 2.24) is 4.57 Å². The molecule has 3 rings (SSSR count). The Morgan fingerprint density at radius 3 is 3.00 bits per heavy atom. The first kappa shape index (κ1) is 12.0. The van der Waals surface area contributed by atoms with Crippen molar-refractivity contribution >= 4 is 17.2 Å². The molecule has 1 aliphatic carbocycles. The summed E-state index contributed by atoms with van der Waals surface area (Å²) in [7, 11) is 2.02. The van der Waals surface area contributed by atoms with Gasteiger partial charge in [0.15, 0.2) is 0 Å². The Hall–Kier alpha value is -2.08. The summed E-state index contributed by atoms with van der Waals surface area (Å²) in [6.07, 6.45) is 6.40. The van der Waals surface area contributed by atoms with E-state index in [0.717, 1.165) is 36.5 Å². The summed E-state index contributed by atoms with van der Waals surface area (Å²) < 4.78 is 2.09. The average Bonchev–Trinajstić information content (AvgIpc) is 3.02. The van der Waals surface area contributed by atoms with Crippen molar-refractivity contribution in [2.45, 2.75) is 25.2 Å². The summed E-state index contributed by atoms with van der Waals surface area (Å²) in [4.78, 5) is 11.2. The number of benzene rings is 1. The van der Waals surface area contributed by atoms with Crippen molar-refractivity contribution in [3.05, 3.63) is 35.5 Å². The Bertz CT molecular complexity index is 678. The van der Waals surface area contributed by atoms with Crippen LogP contribution in [0.2, 0.25) is 0 Å². The molecule has 0 N–H and O–H groups in total. The molecule has 1 aromatic carbocycles. The predicted octanol–water partition coefficient (Wildman–Crippen LogP) is 3.13. The fourth-order valence-electron chi connectivity index (χ4n) is 3.33. The minimum atomic E-state index is 0.136. The van der Waals surface area contributed by atoms with Crippen molar-refractivity contribution in [2.75, 3.05) is 0 Å². The molecular formula is C16H16N2O. The largest absolute Gasteiger partial charge is 0.350 e. The lowest BCUT2D eigenvalue weighted by Gasteiger charge is -2.13. The van der Waals surface area contributed by atoms with Crippen molar-refractivity contribution in [3.63, 3.8) is 0 Å². The maximum Gasteiger partial charge on any atom is 0.123 e. The second kappa shape index (κ2) is 4.55. The van der Waals surface area contributed by atoms with Crippen LogP contribution < -0.4 is 0 Å². The number of hydrogen-bond acceptors (Lipinski definition) is 2. The number of aryl methyl sites for hydroxylation is 1. The highest BCUT2D eigenvalue weighted by molar-refractivity contribution is 5.86. The molecule has 1 aromatic heterocycles. The maximum atomic E-state index is 11.2. The van der Waals surface area contributed by atoms with Crippen LogP contribution >= 0.6 is 0 Å². The topological polar surface area (TPSA) is 45.8 Å². The minimum absolute atomic E-state index is 0.136. The van der Waals surface area contributed by atoms with Crippen molar-refractivity contribution < 1.29 is 4.79 Å². The van der Waals surface area contributed by atoms with E-state index in [0.29, 0.717) is 11.5 Å². The van der Waals surface area contributed by atoms with E-state index >= 15 is 0 Å². The van der Waals surface area contributed by atoms with E-state index < -0.39 is 0 Å². The molecule has 2 aromatic rings. The van der Waals surface area contributed by atoms with Crippen molar-refractivity contribution in [2.24, 2.45) is 13.0 Å². The number of carbonyl (C=O) groups excluding carboxylic acids is 1. The second-order valence-electron chi connectivity index (χ2n) is 5.38. The lowest BCUT2D eigenvalue weighted by Crippen LogP contribution is -2.06. The Labute approximate surface area is 112 Å². The lowest BCUT2D eigenvalue weighted by atomic mass is 9.89. The predicted molar refractivity (Wildman–Crippen MR) is 73.8 cm³/mol. The number of hydrogen-bond donors (Lipinski definition) is 0. The third kappa shape index (κ3) is 1.84. The van der Waals surface area contributed by atoms with Crippen LogP contribution in [0, 0.1) is 17.2 Å². The summed E-state index contributed by atoms with van der Waals surface area (Å²) >= 11 is 0. The summed E-state index contributed by atoms with van der Waals surface area (Å²) in [5, 5.41) is 10.2. The van der Waals surface area contributed by atoms with Crippen LogP contribution in [-0.4, -0.2) is 10.9 Å². The number of carbonyl (C=O) groups is 1. The fourth-order valence-corrected chi connectivity index (χ4v) is 3.33. The van der Waals surface area contributed by atoms with Crippen molar-refractivity contribution in [3.8, 4) is 6.07 Å². The Morgan fingerprint density at radius 1 is 1.42 bits per heavy atom. The van der Waals surface area contributed by atoms with Gasteiger partial charge >= 0.3 is 0 Å². The normalized spacial score (nSPS) is 22.5.